The molecule has 0 spiro atoms. The highest BCUT2D eigenvalue weighted by Gasteiger charge is 2.32. The molecule has 1 aliphatic heterocycles. The van der Waals surface area contributed by atoms with Crippen molar-refractivity contribution in [3.8, 4) is 5.75 Å². The van der Waals surface area contributed by atoms with Crippen LogP contribution in [0.25, 0.3) is 6.08 Å². The first-order valence-electron chi connectivity index (χ1n) is 6.15. The van der Waals surface area contributed by atoms with Gasteiger partial charge in [-0.1, -0.05) is 36.1 Å². The topological polar surface area (TPSA) is 83.9 Å². The van der Waals surface area contributed by atoms with Gasteiger partial charge in [-0.2, -0.15) is 8.42 Å². The number of hydrogen-bond donors (Lipinski definition) is 1. The molecule has 1 aliphatic rings. The largest absolute Gasteiger partial charge is 0.497 e. The Kier molecular flexibility index (Phi) is 5.22. The second kappa shape index (κ2) is 6.78. The Labute approximate surface area is 137 Å². The van der Waals surface area contributed by atoms with Crippen molar-refractivity contribution < 1.29 is 22.5 Å². The van der Waals surface area contributed by atoms with Crippen molar-refractivity contribution in [3.63, 3.8) is 0 Å². The lowest BCUT2D eigenvalue weighted by atomic mass is 10.2. The molecule has 0 aliphatic carbocycles. The summed E-state index contributed by atoms with van der Waals surface area (Å²) in [6, 6.07) is 7.16. The fourth-order valence-electron chi connectivity index (χ4n) is 1.78. The van der Waals surface area contributed by atoms with Crippen molar-refractivity contribution in [1.82, 2.24) is 4.90 Å². The van der Waals surface area contributed by atoms with Gasteiger partial charge in [-0.15, -0.1) is 0 Å². The summed E-state index contributed by atoms with van der Waals surface area (Å²) in [7, 11) is -2.59. The maximum Gasteiger partial charge on any atom is 0.266 e. The summed E-state index contributed by atoms with van der Waals surface area (Å²) < 4.78 is 35.7. The third kappa shape index (κ3) is 4.29. The van der Waals surface area contributed by atoms with Gasteiger partial charge in [-0.3, -0.25) is 14.2 Å². The van der Waals surface area contributed by atoms with Gasteiger partial charge in [-0.25, -0.2) is 0 Å². The minimum Gasteiger partial charge on any atom is -0.497 e. The summed E-state index contributed by atoms with van der Waals surface area (Å²) in [6.45, 7) is -0.168. The molecule has 2 rings (SSSR count). The zero-order chi connectivity index (χ0) is 16.3. The highest BCUT2D eigenvalue weighted by molar-refractivity contribution is 8.26. The SMILES string of the molecule is COc1cccc(C=C2SC(=S)N(CCS(=O)(=O)O)C2=O)c1. The normalized spacial score (nSPS) is 17.4. The number of rotatable bonds is 5. The minimum atomic E-state index is -4.14. The van der Waals surface area contributed by atoms with Crippen LogP contribution in [-0.4, -0.2) is 47.5 Å². The maximum atomic E-state index is 12.2. The number of thiocarbonyl (C=S) groups is 1. The molecule has 6 nitrogen and oxygen atoms in total. The molecule has 118 valence electrons. The second-order valence-electron chi connectivity index (χ2n) is 4.40. The molecule has 1 heterocycles. The van der Waals surface area contributed by atoms with E-state index >= 15 is 0 Å². The molecule has 1 fully saturated rings. The van der Waals surface area contributed by atoms with E-state index in [0.717, 1.165) is 17.3 Å². The summed E-state index contributed by atoms with van der Waals surface area (Å²) in [5, 5.41) is 0. The van der Waals surface area contributed by atoms with Gasteiger partial charge in [0.1, 0.15) is 10.1 Å². The number of carbonyl (C=O) groups is 1. The van der Waals surface area contributed by atoms with Crippen LogP contribution in [-0.2, 0) is 14.9 Å². The quantitative estimate of drug-likeness (QED) is 0.487. The highest BCUT2D eigenvalue weighted by atomic mass is 32.2. The molecule has 0 aromatic heterocycles. The van der Waals surface area contributed by atoms with Gasteiger partial charge in [0.2, 0.25) is 0 Å². The lowest BCUT2D eigenvalue weighted by Gasteiger charge is -2.12. The fourth-order valence-corrected chi connectivity index (χ4v) is 3.50. The monoisotopic (exact) mass is 359 g/mol. The number of thioether (sulfide) groups is 1. The fraction of sp³-hybridized carbons (Fsp3) is 0.231. The van der Waals surface area contributed by atoms with Crippen LogP contribution in [0, 0.1) is 0 Å². The Balaban J connectivity index is 2.18. The second-order valence-corrected chi connectivity index (χ2v) is 7.64. The van der Waals surface area contributed by atoms with E-state index in [4.69, 9.17) is 21.5 Å². The van der Waals surface area contributed by atoms with Crippen LogP contribution in [0.15, 0.2) is 29.2 Å². The van der Waals surface area contributed by atoms with Crippen LogP contribution in [0.2, 0.25) is 0 Å². The van der Waals surface area contributed by atoms with Gasteiger partial charge in [0.05, 0.1) is 17.8 Å². The van der Waals surface area contributed by atoms with E-state index in [-0.39, 0.29) is 16.8 Å². The van der Waals surface area contributed by atoms with E-state index in [2.05, 4.69) is 0 Å². The Hall–Kier alpha value is -1.42. The molecule has 0 radical (unpaired) electrons. The van der Waals surface area contributed by atoms with E-state index in [0.29, 0.717) is 10.7 Å². The van der Waals surface area contributed by atoms with E-state index in [1.54, 1.807) is 31.4 Å². The van der Waals surface area contributed by atoms with Gasteiger partial charge >= 0.3 is 0 Å². The summed E-state index contributed by atoms with van der Waals surface area (Å²) in [5.74, 6) is -0.261. The lowest BCUT2D eigenvalue weighted by molar-refractivity contribution is -0.121. The molecule has 0 saturated carbocycles. The molecule has 22 heavy (non-hydrogen) atoms. The van der Waals surface area contributed by atoms with Crippen molar-refractivity contribution in [1.29, 1.82) is 0 Å². The third-order valence-corrected chi connectivity index (χ3v) is 4.91. The van der Waals surface area contributed by atoms with Crippen molar-refractivity contribution in [3.05, 3.63) is 34.7 Å². The Morgan fingerprint density at radius 1 is 1.45 bits per heavy atom. The highest BCUT2D eigenvalue weighted by Crippen LogP contribution is 2.32. The van der Waals surface area contributed by atoms with E-state index in [9.17, 15) is 13.2 Å². The Morgan fingerprint density at radius 2 is 2.18 bits per heavy atom. The predicted octanol–water partition coefficient (Wildman–Crippen LogP) is 1.78. The number of ether oxygens (including phenoxy) is 1. The standard InChI is InChI=1S/C13H13NO5S3/c1-19-10-4-2-3-9(7-10)8-11-12(15)14(13(20)21-11)5-6-22(16,17)18/h2-4,7-8H,5-6H2,1H3,(H,16,17,18). The average molecular weight is 359 g/mol. The molecule has 1 aromatic rings. The summed E-state index contributed by atoms with van der Waals surface area (Å²) in [5.41, 5.74) is 0.773. The van der Waals surface area contributed by atoms with E-state index in [1.807, 2.05) is 6.07 Å². The first-order chi connectivity index (χ1) is 10.3. The summed E-state index contributed by atoms with van der Waals surface area (Å²) in [6.07, 6.45) is 1.66. The molecule has 1 saturated heterocycles. The number of benzene rings is 1. The molecule has 0 unspecified atom stereocenters. The molecular weight excluding hydrogens is 346 g/mol. The molecule has 1 amide bonds. The predicted molar refractivity (Wildman–Crippen MR) is 89.3 cm³/mol. The smallest absolute Gasteiger partial charge is 0.266 e. The zero-order valence-electron chi connectivity index (χ0n) is 11.6. The van der Waals surface area contributed by atoms with Crippen LogP contribution >= 0.6 is 24.0 Å². The number of carbonyl (C=O) groups excluding carboxylic acids is 1. The Morgan fingerprint density at radius 3 is 2.82 bits per heavy atom. The van der Waals surface area contributed by atoms with Crippen molar-refractivity contribution >= 4 is 50.4 Å². The molecular formula is C13H13NO5S3. The van der Waals surface area contributed by atoms with Gasteiger partial charge in [-0.05, 0) is 23.8 Å². The van der Waals surface area contributed by atoms with Crippen molar-refractivity contribution in [2.75, 3.05) is 19.4 Å². The van der Waals surface area contributed by atoms with E-state index in [1.165, 1.54) is 4.90 Å². The molecule has 1 aromatic carbocycles. The molecule has 1 N–H and O–H groups in total. The first kappa shape index (κ1) is 16.9. The van der Waals surface area contributed by atoms with Crippen molar-refractivity contribution in [2.24, 2.45) is 0 Å². The van der Waals surface area contributed by atoms with Crippen LogP contribution in [0.3, 0.4) is 0 Å². The first-order valence-corrected chi connectivity index (χ1v) is 8.98. The summed E-state index contributed by atoms with van der Waals surface area (Å²) >= 11 is 6.17. The van der Waals surface area contributed by atoms with Crippen LogP contribution < -0.4 is 4.74 Å². The van der Waals surface area contributed by atoms with Gasteiger partial charge in [0.25, 0.3) is 16.0 Å². The van der Waals surface area contributed by atoms with Crippen LogP contribution in [0.4, 0.5) is 0 Å². The molecule has 0 bridgehead atoms. The lowest BCUT2D eigenvalue weighted by Crippen LogP contribution is -2.32. The third-order valence-electron chi connectivity index (χ3n) is 2.84. The summed E-state index contributed by atoms with van der Waals surface area (Å²) in [4.78, 5) is 13.8. The number of amides is 1. The average Bonchev–Trinajstić information content (AvgIpc) is 2.70. The number of hydrogen-bond acceptors (Lipinski definition) is 6. The maximum absolute atomic E-state index is 12.2. The van der Waals surface area contributed by atoms with Crippen LogP contribution in [0.5, 0.6) is 5.75 Å². The van der Waals surface area contributed by atoms with Crippen LogP contribution in [0.1, 0.15) is 5.56 Å². The van der Waals surface area contributed by atoms with E-state index < -0.39 is 15.9 Å². The van der Waals surface area contributed by atoms with Gasteiger partial charge < -0.3 is 4.74 Å². The van der Waals surface area contributed by atoms with Crippen molar-refractivity contribution in [2.45, 2.75) is 0 Å². The van der Waals surface area contributed by atoms with Gasteiger partial charge in [0.15, 0.2) is 0 Å². The Bertz CT molecular complexity index is 742. The zero-order valence-corrected chi connectivity index (χ0v) is 14.0. The number of methoxy groups -OCH3 is 1. The molecule has 0 atom stereocenters. The van der Waals surface area contributed by atoms with Gasteiger partial charge in [0, 0.05) is 6.54 Å². The molecule has 9 heteroatoms. The number of nitrogens with zero attached hydrogens (tertiary/aromatic N) is 1. The minimum absolute atomic E-state index is 0.168.